The standard InChI is InChI=1S/C21H24N4O2S/c1-12-5-6-13(17-11-28-25-23-17)9-16(12)22-20(26)19-15-10-14(21(2,3)4)7-8-18(15)27-24-19/h5-6,9,11,14H,7-8,10H2,1-4H3,(H,22,26). The number of amides is 1. The van der Waals surface area contributed by atoms with Crippen LogP contribution in [-0.2, 0) is 12.8 Å². The summed E-state index contributed by atoms with van der Waals surface area (Å²) in [6, 6.07) is 5.88. The molecule has 146 valence electrons. The first-order chi connectivity index (χ1) is 13.3. The average molecular weight is 397 g/mol. The van der Waals surface area contributed by atoms with Crippen LogP contribution in [0.25, 0.3) is 11.3 Å². The molecule has 0 radical (unpaired) electrons. The van der Waals surface area contributed by atoms with E-state index in [2.05, 4.69) is 40.8 Å². The van der Waals surface area contributed by atoms with Crippen LogP contribution in [0.3, 0.4) is 0 Å². The summed E-state index contributed by atoms with van der Waals surface area (Å²) in [7, 11) is 0. The quantitative estimate of drug-likeness (QED) is 0.681. The average Bonchev–Trinajstić information content (AvgIpc) is 3.32. The molecule has 1 N–H and O–H groups in total. The van der Waals surface area contributed by atoms with Crippen molar-refractivity contribution in [2.24, 2.45) is 11.3 Å². The number of carbonyl (C=O) groups is 1. The molecule has 2 heterocycles. The Kier molecular flexibility index (Phi) is 4.79. The van der Waals surface area contributed by atoms with Crippen molar-refractivity contribution >= 4 is 23.1 Å². The van der Waals surface area contributed by atoms with Gasteiger partial charge in [-0.2, -0.15) is 0 Å². The summed E-state index contributed by atoms with van der Waals surface area (Å²) in [5.74, 6) is 1.13. The van der Waals surface area contributed by atoms with Crippen molar-refractivity contribution in [1.29, 1.82) is 0 Å². The molecular weight excluding hydrogens is 372 g/mol. The third-order valence-corrected chi connectivity index (χ3v) is 6.13. The molecule has 0 saturated heterocycles. The van der Waals surface area contributed by atoms with Gasteiger partial charge in [0.25, 0.3) is 5.91 Å². The Hall–Kier alpha value is -2.54. The summed E-state index contributed by atoms with van der Waals surface area (Å²) in [4.78, 5) is 13.0. The van der Waals surface area contributed by atoms with E-state index >= 15 is 0 Å². The SMILES string of the molecule is Cc1ccc(-c2csnn2)cc1NC(=O)c1noc2c1CC(C(C)(C)C)CC2. The topological polar surface area (TPSA) is 80.9 Å². The van der Waals surface area contributed by atoms with Crippen molar-refractivity contribution < 1.29 is 9.32 Å². The van der Waals surface area contributed by atoms with Gasteiger partial charge in [0.15, 0.2) is 5.69 Å². The lowest BCUT2D eigenvalue weighted by Gasteiger charge is -2.33. The minimum absolute atomic E-state index is 0.190. The third-order valence-electron chi connectivity index (χ3n) is 5.62. The van der Waals surface area contributed by atoms with E-state index in [1.54, 1.807) is 0 Å². The van der Waals surface area contributed by atoms with E-state index in [9.17, 15) is 4.79 Å². The van der Waals surface area contributed by atoms with Crippen LogP contribution in [-0.4, -0.2) is 20.7 Å². The molecule has 28 heavy (non-hydrogen) atoms. The molecular formula is C21H24N4O2S. The lowest BCUT2D eigenvalue weighted by molar-refractivity contribution is 0.101. The first-order valence-electron chi connectivity index (χ1n) is 9.50. The fraction of sp³-hybridized carbons (Fsp3) is 0.429. The monoisotopic (exact) mass is 396 g/mol. The summed E-state index contributed by atoms with van der Waals surface area (Å²) in [5.41, 5.74) is 5.00. The Balaban J connectivity index is 1.59. The maximum absolute atomic E-state index is 13.0. The fourth-order valence-electron chi connectivity index (χ4n) is 3.71. The molecule has 3 aromatic rings. The number of benzene rings is 1. The Morgan fingerprint density at radius 1 is 1.32 bits per heavy atom. The molecule has 1 aromatic carbocycles. The van der Waals surface area contributed by atoms with E-state index in [-0.39, 0.29) is 11.3 Å². The second kappa shape index (κ2) is 7.13. The van der Waals surface area contributed by atoms with Crippen molar-refractivity contribution in [2.75, 3.05) is 5.32 Å². The Labute approximate surface area is 168 Å². The molecule has 0 aliphatic heterocycles. The number of aromatic nitrogens is 3. The number of aryl methyl sites for hydroxylation is 2. The molecule has 1 amide bonds. The highest BCUT2D eigenvalue weighted by atomic mass is 32.1. The predicted molar refractivity (Wildman–Crippen MR) is 110 cm³/mol. The Morgan fingerprint density at radius 3 is 2.86 bits per heavy atom. The zero-order valence-electron chi connectivity index (χ0n) is 16.6. The van der Waals surface area contributed by atoms with Gasteiger partial charge in [0, 0.05) is 28.6 Å². The lowest BCUT2D eigenvalue weighted by Crippen LogP contribution is -2.27. The molecule has 1 aliphatic carbocycles. The summed E-state index contributed by atoms with van der Waals surface area (Å²) in [6.07, 6.45) is 2.73. The number of fused-ring (bicyclic) bond motifs is 1. The highest BCUT2D eigenvalue weighted by Crippen LogP contribution is 2.38. The third kappa shape index (κ3) is 3.58. The van der Waals surface area contributed by atoms with Crippen molar-refractivity contribution in [1.82, 2.24) is 14.7 Å². The Bertz CT molecular complexity index is 1000. The maximum Gasteiger partial charge on any atom is 0.278 e. The molecule has 4 rings (SSSR count). The van der Waals surface area contributed by atoms with Gasteiger partial charge in [0.2, 0.25) is 0 Å². The number of hydrogen-bond acceptors (Lipinski definition) is 6. The zero-order chi connectivity index (χ0) is 19.9. The highest BCUT2D eigenvalue weighted by Gasteiger charge is 2.34. The minimum atomic E-state index is -0.226. The summed E-state index contributed by atoms with van der Waals surface area (Å²) in [5, 5.41) is 13.1. The Morgan fingerprint density at radius 2 is 2.14 bits per heavy atom. The van der Waals surface area contributed by atoms with Gasteiger partial charge in [-0.1, -0.05) is 42.5 Å². The molecule has 7 heteroatoms. The van der Waals surface area contributed by atoms with E-state index < -0.39 is 0 Å². The van der Waals surface area contributed by atoms with Gasteiger partial charge in [0.1, 0.15) is 11.5 Å². The van der Waals surface area contributed by atoms with Crippen molar-refractivity contribution in [2.45, 2.75) is 47.0 Å². The second-order valence-electron chi connectivity index (χ2n) is 8.51. The van der Waals surface area contributed by atoms with Crippen LogP contribution in [0.4, 0.5) is 5.69 Å². The van der Waals surface area contributed by atoms with Crippen LogP contribution >= 0.6 is 11.5 Å². The molecule has 1 unspecified atom stereocenters. The fourth-order valence-corrected chi connectivity index (χ4v) is 4.17. The predicted octanol–water partition coefficient (Wildman–Crippen LogP) is 4.90. The molecule has 0 spiro atoms. The van der Waals surface area contributed by atoms with E-state index in [4.69, 9.17) is 4.52 Å². The second-order valence-corrected chi connectivity index (χ2v) is 9.12. The molecule has 0 saturated carbocycles. The van der Waals surface area contributed by atoms with E-state index in [0.717, 1.165) is 53.1 Å². The molecule has 1 atom stereocenters. The summed E-state index contributed by atoms with van der Waals surface area (Å²) < 4.78 is 9.40. The number of nitrogens with zero attached hydrogens (tertiary/aromatic N) is 3. The van der Waals surface area contributed by atoms with Crippen LogP contribution < -0.4 is 5.32 Å². The van der Waals surface area contributed by atoms with Gasteiger partial charge in [-0.3, -0.25) is 4.79 Å². The number of carbonyl (C=O) groups excluding carboxylic acids is 1. The van der Waals surface area contributed by atoms with Crippen LogP contribution in [0.5, 0.6) is 0 Å². The zero-order valence-corrected chi connectivity index (χ0v) is 17.4. The maximum atomic E-state index is 13.0. The smallest absolute Gasteiger partial charge is 0.278 e. The van der Waals surface area contributed by atoms with Gasteiger partial charge < -0.3 is 9.84 Å². The molecule has 1 aliphatic rings. The van der Waals surface area contributed by atoms with E-state index in [1.165, 1.54) is 11.5 Å². The number of rotatable bonds is 3. The van der Waals surface area contributed by atoms with Crippen molar-refractivity contribution in [3.05, 3.63) is 46.2 Å². The molecule has 6 nitrogen and oxygen atoms in total. The van der Waals surface area contributed by atoms with Crippen molar-refractivity contribution in [3.63, 3.8) is 0 Å². The van der Waals surface area contributed by atoms with Gasteiger partial charge in [0.05, 0.1) is 0 Å². The largest absolute Gasteiger partial charge is 0.360 e. The minimum Gasteiger partial charge on any atom is -0.360 e. The molecule has 0 bridgehead atoms. The lowest BCUT2D eigenvalue weighted by atomic mass is 9.71. The van der Waals surface area contributed by atoms with Crippen LogP contribution in [0.1, 0.15) is 54.6 Å². The van der Waals surface area contributed by atoms with Gasteiger partial charge in [-0.05, 0) is 54.3 Å². The van der Waals surface area contributed by atoms with Crippen LogP contribution in [0, 0.1) is 18.3 Å². The van der Waals surface area contributed by atoms with Crippen molar-refractivity contribution in [3.8, 4) is 11.3 Å². The van der Waals surface area contributed by atoms with Gasteiger partial charge >= 0.3 is 0 Å². The summed E-state index contributed by atoms with van der Waals surface area (Å²) >= 11 is 1.30. The van der Waals surface area contributed by atoms with Crippen LogP contribution in [0.2, 0.25) is 0 Å². The van der Waals surface area contributed by atoms with Gasteiger partial charge in [-0.15, -0.1) is 5.10 Å². The first kappa shape index (κ1) is 18.8. The van der Waals surface area contributed by atoms with E-state index in [0.29, 0.717) is 11.6 Å². The highest BCUT2D eigenvalue weighted by molar-refractivity contribution is 7.03. The number of hydrogen-bond donors (Lipinski definition) is 1. The number of anilines is 1. The van der Waals surface area contributed by atoms with E-state index in [1.807, 2.05) is 30.5 Å². The molecule has 2 aromatic heterocycles. The first-order valence-corrected chi connectivity index (χ1v) is 10.3. The van der Waals surface area contributed by atoms with Gasteiger partial charge in [-0.25, -0.2) is 0 Å². The van der Waals surface area contributed by atoms with Crippen LogP contribution in [0.15, 0.2) is 28.1 Å². The number of nitrogens with one attached hydrogen (secondary N) is 1. The summed E-state index contributed by atoms with van der Waals surface area (Å²) in [6.45, 7) is 8.71. The molecule has 0 fully saturated rings. The normalized spacial score (nSPS) is 16.6.